The quantitative estimate of drug-likeness (QED) is 0.705. The normalized spacial score (nSPS) is 20.6. The van der Waals surface area contributed by atoms with Gasteiger partial charge in [-0.05, 0) is 37.1 Å². The first-order valence-electron chi connectivity index (χ1n) is 4.77. The minimum Gasteiger partial charge on any atom is -0.507 e. The number of rotatable bonds is 1. The SMILES string of the molecule is N#Cc1cc([C@@H]2CCCN2)ccc1O. The van der Waals surface area contributed by atoms with E-state index in [1.165, 1.54) is 6.42 Å². The van der Waals surface area contributed by atoms with E-state index in [2.05, 4.69) is 5.32 Å². The lowest BCUT2D eigenvalue weighted by atomic mass is 10.0. The average Bonchev–Trinajstić information content (AvgIpc) is 2.71. The van der Waals surface area contributed by atoms with Crippen molar-refractivity contribution in [1.29, 1.82) is 5.26 Å². The Morgan fingerprint density at radius 1 is 1.50 bits per heavy atom. The lowest BCUT2D eigenvalue weighted by Gasteiger charge is -2.10. The molecular formula is C11H12N2O. The van der Waals surface area contributed by atoms with E-state index in [9.17, 15) is 5.11 Å². The molecule has 0 bridgehead atoms. The summed E-state index contributed by atoms with van der Waals surface area (Å²) in [6.07, 6.45) is 2.28. The van der Waals surface area contributed by atoms with E-state index in [4.69, 9.17) is 5.26 Å². The molecule has 1 aliphatic rings. The summed E-state index contributed by atoms with van der Waals surface area (Å²) < 4.78 is 0. The number of nitrogens with zero attached hydrogens (tertiary/aromatic N) is 1. The summed E-state index contributed by atoms with van der Waals surface area (Å²) in [5, 5.41) is 21.4. The number of nitrogens with one attached hydrogen (secondary N) is 1. The summed E-state index contributed by atoms with van der Waals surface area (Å²) in [7, 11) is 0. The van der Waals surface area contributed by atoms with Gasteiger partial charge in [0.1, 0.15) is 11.8 Å². The number of aromatic hydroxyl groups is 1. The van der Waals surface area contributed by atoms with Gasteiger partial charge in [0.05, 0.1) is 5.56 Å². The Balaban J connectivity index is 2.31. The number of phenols is 1. The number of hydrogen-bond acceptors (Lipinski definition) is 3. The lowest BCUT2D eigenvalue weighted by Crippen LogP contribution is -2.12. The third-order valence-corrected chi connectivity index (χ3v) is 2.60. The van der Waals surface area contributed by atoms with Crippen molar-refractivity contribution in [2.45, 2.75) is 18.9 Å². The molecule has 2 rings (SSSR count). The van der Waals surface area contributed by atoms with Crippen LogP contribution in [0.4, 0.5) is 0 Å². The van der Waals surface area contributed by atoms with E-state index in [1.807, 2.05) is 12.1 Å². The van der Waals surface area contributed by atoms with Gasteiger partial charge in [0.25, 0.3) is 0 Å². The summed E-state index contributed by atoms with van der Waals surface area (Å²) >= 11 is 0. The van der Waals surface area contributed by atoms with Crippen LogP contribution in [-0.4, -0.2) is 11.7 Å². The van der Waals surface area contributed by atoms with Gasteiger partial charge >= 0.3 is 0 Å². The highest BCUT2D eigenvalue weighted by molar-refractivity contribution is 5.45. The minimum atomic E-state index is 0.0641. The Labute approximate surface area is 83.0 Å². The largest absolute Gasteiger partial charge is 0.507 e. The highest BCUT2D eigenvalue weighted by Crippen LogP contribution is 2.26. The molecule has 0 radical (unpaired) electrons. The van der Waals surface area contributed by atoms with Crippen molar-refractivity contribution in [3.8, 4) is 11.8 Å². The molecule has 1 fully saturated rings. The second kappa shape index (κ2) is 3.69. The highest BCUT2D eigenvalue weighted by Gasteiger charge is 2.16. The molecule has 14 heavy (non-hydrogen) atoms. The molecule has 0 aromatic heterocycles. The maximum Gasteiger partial charge on any atom is 0.133 e. The van der Waals surface area contributed by atoms with Crippen LogP contribution in [0.3, 0.4) is 0 Å². The van der Waals surface area contributed by atoms with Crippen LogP contribution in [0, 0.1) is 11.3 Å². The molecule has 1 heterocycles. The molecule has 0 spiro atoms. The maximum atomic E-state index is 9.33. The fourth-order valence-electron chi connectivity index (χ4n) is 1.83. The standard InChI is InChI=1S/C11H12N2O/c12-7-9-6-8(3-4-11(9)14)10-2-1-5-13-10/h3-4,6,10,13-14H,1-2,5H2/t10-/m0/s1. The maximum absolute atomic E-state index is 9.33. The van der Waals surface area contributed by atoms with Crippen LogP contribution >= 0.6 is 0 Å². The third kappa shape index (κ3) is 1.57. The second-order valence-corrected chi connectivity index (χ2v) is 3.54. The Morgan fingerprint density at radius 3 is 3.00 bits per heavy atom. The molecule has 3 heteroatoms. The molecule has 1 aromatic carbocycles. The van der Waals surface area contributed by atoms with Crippen molar-refractivity contribution in [2.24, 2.45) is 0 Å². The molecular weight excluding hydrogens is 176 g/mol. The summed E-state index contributed by atoms with van der Waals surface area (Å²) in [6.45, 7) is 1.04. The van der Waals surface area contributed by atoms with E-state index in [1.54, 1.807) is 12.1 Å². The summed E-state index contributed by atoms with van der Waals surface area (Å²) in [5.74, 6) is 0.0641. The molecule has 1 aliphatic heterocycles. The Morgan fingerprint density at radius 2 is 2.36 bits per heavy atom. The smallest absolute Gasteiger partial charge is 0.133 e. The van der Waals surface area contributed by atoms with Crippen LogP contribution in [0.5, 0.6) is 5.75 Å². The van der Waals surface area contributed by atoms with Crippen molar-refractivity contribution in [1.82, 2.24) is 5.32 Å². The van der Waals surface area contributed by atoms with Crippen LogP contribution in [0.25, 0.3) is 0 Å². The first kappa shape index (κ1) is 9.04. The van der Waals surface area contributed by atoms with Crippen LogP contribution in [0.15, 0.2) is 18.2 Å². The summed E-state index contributed by atoms with van der Waals surface area (Å²) in [4.78, 5) is 0. The molecule has 0 amide bonds. The van der Waals surface area contributed by atoms with Gasteiger partial charge in [0.2, 0.25) is 0 Å². The highest BCUT2D eigenvalue weighted by atomic mass is 16.3. The van der Waals surface area contributed by atoms with Crippen molar-refractivity contribution in [2.75, 3.05) is 6.54 Å². The first-order valence-corrected chi connectivity index (χ1v) is 4.77. The van der Waals surface area contributed by atoms with Gasteiger partial charge in [-0.3, -0.25) is 0 Å². The lowest BCUT2D eigenvalue weighted by molar-refractivity contribution is 0.473. The van der Waals surface area contributed by atoms with E-state index in [0.29, 0.717) is 11.6 Å². The van der Waals surface area contributed by atoms with Gasteiger partial charge in [-0.2, -0.15) is 5.26 Å². The molecule has 1 atom stereocenters. The molecule has 3 nitrogen and oxygen atoms in total. The average molecular weight is 188 g/mol. The molecule has 0 aliphatic carbocycles. The van der Waals surface area contributed by atoms with E-state index in [-0.39, 0.29) is 5.75 Å². The van der Waals surface area contributed by atoms with Crippen molar-refractivity contribution in [3.63, 3.8) is 0 Å². The number of hydrogen-bond donors (Lipinski definition) is 2. The number of nitriles is 1. The van der Waals surface area contributed by atoms with E-state index >= 15 is 0 Å². The second-order valence-electron chi connectivity index (χ2n) is 3.54. The predicted octanol–water partition coefficient (Wildman–Crippen LogP) is 1.69. The Bertz CT molecular complexity index is 375. The van der Waals surface area contributed by atoms with Crippen LogP contribution in [-0.2, 0) is 0 Å². The third-order valence-electron chi connectivity index (χ3n) is 2.60. The molecule has 72 valence electrons. The zero-order chi connectivity index (χ0) is 9.97. The van der Waals surface area contributed by atoms with Crippen LogP contribution < -0.4 is 5.32 Å². The van der Waals surface area contributed by atoms with Crippen molar-refractivity contribution in [3.05, 3.63) is 29.3 Å². The molecule has 1 aromatic rings. The fourth-order valence-corrected chi connectivity index (χ4v) is 1.83. The van der Waals surface area contributed by atoms with Crippen LogP contribution in [0.1, 0.15) is 30.0 Å². The van der Waals surface area contributed by atoms with Gasteiger partial charge in [-0.15, -0.1) is 0 Å². The first-order chi connectivity index (χ1) is 6.81. The molecule has 0 saturated carbocycles. The van der Waals surface area contributed by atoms with Crippen molar-refractivity contribution < 1.29 is 5.11 Å². The van der Waals surface area contributed by atoms with Crippen LogP contribution in [0.2, 0.25) is 0 Å². The van der Waals surface area contributed by atoms with Crippen molar-refractivity contribution >= 4 is 0 Å². The Kier molecular flexibility index (Phi) is 2.38. The molecule has 0 unspecified atom stereocenters. The summed E-state index contributed by atoms with van der Waals surface area (Å²) in [5.41, 5.74) is 1.45. The molecule has 1 saturated heterocycles. The number of phenolic OH excluding ortho intramolecular Hbond substituents is 1. The van der Waals surface area contributed by atoms with Gasteiger partial charge in [0, 0.05) is 6.04 Å². The van der Waals surface area contributed by atoms with Gasteiger partial charge in [-0.1, -0.05) is 6.07 Å². The predicted molar refractivity (Wildman–Crippen MR) is 52.8 cm³/mol. The Hall–Kier alpha value is -1.53. The van der Waals surface area contributed by atoms with Gasteiger partial charge < -0.3 is 10.4 Å². The molecule has 2 N–H and O–H groups in total. The number of benzene rings is 1. The zero-order valence-electron chi connectivity index (χ0n) is 7.83. The minimum absolute atomic E-state index is 0.0641. The van der Waals surface area contributed by atoms with E-state index < -0.39 is 0 Å². The van der Waals surface area contributed by atoms with Gasteiger partial charge in [-0.25, -0.2) is 0 Å². The fraction of sp³-hybridized carbons (Fsp3) is 0.364. The zero-order valence-corrected chi connectivity index (χ0v) is 7.83. The monoisotopic (exact) mass is 188 g/mol. The van der Waals surface area contributed by atoms with Gasteiger partial charge in [0.15, 0.2) is 0 Å². The summed E-state index contributed by atoms with van der Waals surface area (Å²) in [6, 6.07) is 7.56. The topological polar surface area (TPSA) is 56.0 Å². The van der Waals surface area contributed by atoms with E-state index in [0.717, 1.165) is 18.5 Å².